The van der Waals surface area contributed by atoms with Gasteiger partial charge in [0, 0.05) is 0 Å². The van der Waals surface area contributed by atoms with Crippen LogP contribution in [0.25, 0.3) is 0 Å². The Labute approximate surface area is 46.4 Å². The molecule has 0 aliphatic carbocycles. The van der Waals surface area contributed by atoms with E-state index in [1.54, 1.807) is 0 Å². The quantitative estimate of drug-likeness (QED) is 0.478. The normalized spacial score (nSPS) is 4.50. The first-order valence-electron chi connectivity index (χ1n) is 1.41. The molecule has 0 fully saturated rings. The molecule has 0 saturated carbocycles. The summed E-state index contributed by atoms with van der Waals surface area (Å²) in [4.78, 5) is 0. The van der Waals surface area contributed by atoms with Crippen LogP contribution in [0.15, 0.2) is 0 Å². The van der Waals surface area contributed by atoms with E-state index in [1.807, 2.05) is 0 Å². The summed E-state index contributed by atoms with van der Waals surface area (Å²) in [6.07, 6.45) is 1.25. The summed E-state index contributed by atoms with van der Waals surface area (Å²) < 4.78 is 0. The Hall–Kier alpha value is 0.870. The first-order chi connectivity index (χ1) is 1.41. The van der Waals surface area contributed by atoms with Crippen molar-refractivity contribution in [3.8, 4) is 0 Å². The summed E-state index contributed by atoms with van der Waals surface area (Å²) in [6.45, 7) is 4.25. The fraction of sp³-hybridized carbons (Fsp3) is 1.00. The van der Waals surface area contributed by atoms with Gasteiger partial charge in [0.2, 0.25) is 0 Å². The van der Waals surface area contributed by atoms with E-state index in [0.717, 1.165) is 0 Å². The van der Waals surface area contributed by atoms with Crippen molar-refractivity contribution in [1.82, 2.24) is 0 Å². The molecule has 0 heterocycles. The van der Waals surface area contributed by atoms with E-state index < -0.39 is 0 Å². The van der Waals surface area contributed by atoms with E-state index >= 15 is 0 Å². The number of rotatable bonds is 0. The van der Waals surface area contributed by atoms with E-state index in [-0.39, 0.29) is 25.8 Å². The molecule has 0 aliphatic heterocycles. The Morgan fingerprint density at radius 3 is 1.25 bits per heavy atom. The summed E-state index contributed by atoms with van der Waals surface area (Å²) in [7, 11) is 0. The standard InChI is InChI=1S/C3H8.In.3H/c1-3-2;;;;/h3H2,1-2H3;;;;. The maximum absolute atomic E-state index is 2.12. The second-order valence-corrected chi connectivity index (χ2v) is 0.707. The Balaban J connectivity index is 0. The van der Waals surface area contributed by atoms with Crippen LogP contribution in [0.5, 0.6) is 0 Å². The Bertz CT molecular complexity index is 3.25. The fourth-order valence-corrected chi connectivity index (χ4v) is 0. The van der Waals surface area contributed by atoms with Gasteiger partial charge < -0.3 is 0 Å². The molecule has 0 aliphatic rings. The van der Waals surface area contributed by atoms with Crippen LogP contribution in [-0.2, 0) is 0 Å². The van der Waals surface area contributed by atoms with Crippen LogP contribution in [0, 0.1) is 0 Å². The second kappa shape index (κ2) is 9.12. The van der Waals surface area contributed by atoms with Gasteiger partial charge in [-0.25, -0.2) is 0 Å². The summed E-state index contributed by atoms with van der Waals surface area (Å²) >= 11 is 0. The van der Waals surface area contributed by atoms with Gasteiger partial charge in [0.1, 0.15) is 0 Å². The molecule has 0 nitrogen and oxygen atoms in total. The van der Waals surface area contributed by atoms with Crippen molar-refractivity contribution in [2.75, 3.05) is 0 Å². The predicted octanol–water partition coefficient (Wildman–Crippen LogP) is 0.232. The van der Waals surface area contributed by atoms with Gasteiger partial charge in [-0.3, -0.25) is 0 Å². The van der Waals surface area contributed by atoms with E-state index in [1.165, 1.54) is 6.42 Å². The Morgan fingerprint density at radius 2 is 1.25 bits per heavy atom. The van der Waals surface area contributed by atoms with E-state index in [4.69, 9.17) is 0 Å². The molecule has 0 N–H and O–H groups in total. The van der Waals surface area contributed by atoms with Crippen molar-refractivity contribution < 1.29 is 0 Å². The van der Waals surface area contributed by atoms with Crippen LogP contribution in [0.1, 0.15) is 20.3 Å². The molecule has 0 bridgehead atoms. The topological polar surface area (TPSA) is 0 Å². The van der Waals surface area contributed by atoms with Crippen LogP contribution < -0.4 is 0 Å². The first-order valence-corrected chi connectivity index (χ1v) is 1.41. The third-order valence-corrected chi connectivity index (χ3v) is 0. The van der Waals surface area contributed by atoms with Crippen molar-refractivity contribution in [2.45, 2.75) is 20.3 Å². The average Bonchev–Trinajstić information content (AvgIpc) is 0.918. The van der Waals surface area contributed by atoms with E-state index in [9.17, 15) is 0 Å². The minimum absolute atomic E-state index is 0. The molecule has 0 radical (unpaired) electrons. The molecule has 0 amide bonds. The van der Waals surface area contributed by atoms with Gasteiger partial charge in [0.05, 0.1) is 0 Å². The summed E-state index contributed by atoms with van der Waals surface area (Å²) in [5.74, 6) is 0. The van der Waals surface area contributed by atoms with E-state index in [0.29, 0.717) is 0 Å². The van der Waals surface area contributed by atoms with Gasteiger partial charge >= 0.3 is 25.8 Å². The van der Waals surface area contributed by atoms with Gasteiger partial charge in [0.25, 0.3) is 0 Å². The molecule has 1 heteroatoms. The molecular weight excluding hydrogens is 151 g/mol. The molecule has 26 valence electrons. The molecule has 0 aromatic heterocycles. The maximum atomic E-state index is 2.12. The van der Waals surface area contributed by atoms with Crippen LogP contribution >= 0.6 is 0 Å². The average molecular weight is 162 g/mol. The van der Waals surface area contributed by atoms with Crippen LogP contribution in [-0.4, -0.2) is 25.8 Å². The number of hydrogen-bond acceptors (Lipinski definition) is 0. The molecule has 0 aromatic carbocycles. The molecule has 0 unspecified atom stereocenters. The van der Waals surface area contributed by atoms with Crippen LogP contribution in [0.2, 0.25) is 0 Å². The molecule has 0 saturated heterocycles. The molecule has 0 rings (SSSR count). The zero-order valence-corrected chi connectivity index (χ0v) is 2.71. The van der Waals surface area contributed by atoms with Gasteiger partial charge in [-0.2, -0.15) is 0 Å². The summed E-state index contributed by atoms with van der Waals surface area (Å²) in [5, 5.41) is 0. The molecule has 0 spiro atoms. The van der Waals surface area contributed by atoms with Crippen molar-refractivity contribution in [3.63, 3.8) is 0 Å². The van der Waals surface area contributed by atoms with Crippen molar-refractivity contribution in [1.29, 1.82) is 0 Å². The Kier molecular flexibility index (Phi) is 20.2. The third-order valence-electron chi connectivity index (χ3n) is 0. The predicted molar refractivity (Wildman–Crippen MR) is 25.9 cm³/mol. The molecule has 4 heavy (non-hydrogen) atoms. The van der Waals surface area contributed by atoms with Crippen molar-refractivity contribution in [3.05, 3.63) is 0 Å². The fourth-order valence-electron chi connectivity index (χ4n) is 0. The zero-order chi connectivity index (χ0) is 2.71. The molecule has 0 atom stereocenters. The van der Waals surface area contributed by atoms with Crippen LogP contribution in [0.3, 0.4) is 0 Å². The van der Waals surface area contributed by atoms with Crippen molar-refractivity contribution >= 4 is 25.8 Å². The molecule has 0 aromatic rings. The summed E-state index contributed by atoms with van der Waals surface area (Å²) in [5.41, 5.74) is 0. The summed E-state index contributed by atoms with van der Waals surface area (Å²) in [6, 6.07) is 0. The van der Waals surface area contributed by atoms with Crippen LogP contribution in [0.4, 0.5) is 0 Å². The van der Waals surface area contributed by atoms with Gasteiger partial charge in [0.15, 0.2) is 0 Å². The third kappa shape index (κ3) is 13.3. The number of hydrogen-bond donors (Lipinski definition) is 0. The SMILES string of the molecule is CCC.[InH3]. The minimum atomic E-state index is 0. The van der Waals surface area contributed by atoms with E-state index in [2.05, 4.69) is 13.8 Å². The Morgan fingerprint density at radius 1 is 1.25 bits per heavy atom. The first kappa shape index (κ1) is 8.85. The van der Waals surface area contributed by atoms with Crippen molar-refractivity contribution in [2.24, 2.45) is 0 Å². The monoisotopic (exact) mass is 162 g/mol. The van der Waals surface area contributed by atoms with Gasteiger partial charge in [-0.15, -0.1) is 0 Å². The van der Waals surface area contributed by atoms with Gasteiger partial charge in [-0.1, -0.05) is 20.3 Å². The second-order valence-electron chi connectivity index (χ2n) is 0.707. The molecular formula is C3H11In. The van der Waals surface area contributed by atoms with Gasteiger partial charge in [-0.05, 0) is 0 Å². The zero-order valence-electron chi connectivity index (χ0n) is 2.71.